The van der Waals surface area contributed by atoms with Crippen molar-refractivity contribution in [3.8, 4) is 0 Å². The molecule has 2 atom stereocenters. The molecule has 1 amide bonds. The van der Waals surface area contributed by atoms with Crippen molar-refractivity contribution in [2.75, 3.05) is 7.11 Å². The van der Waals surface area contributed by atoms with Crippen molar-refractivity contribution in [1.29, 1.82) is 5.41 Å². The molecular weight excluding hydrogens is 288 g/mol. The molecule has 1 aliphatic carbocycles. The maximum atomic E-state index is 12.2. The number of amides is 1. The maximum absolute atomic E-state index is 12.2. The van der Waals surface area contributed by atoms with E-state index in [0.29, 0.717) is 6.21 Å². The third-order valence-electron chi connectivity index (χ3n) is 3.75. The first-order valence-corrected chi connectivity index (χ1v) is 7.55. The number of methoxy groups -OCH3 is 1. The monoisotopic (exact) mass is 312 g/mol. The van der Waals surface area contributed by atoms with E-state index in [1.54, 1.807) is 6.92 Å². The first-order valence-electron chi connectivity index (χ1n) is 7.55. The van der Waals surface area contributed by atoms with Gasteiger partial charge in [0.15, 0.2) is 5.78 Å². The predicted octanol–water partition coefficient (Wildman–Crippen LogP) is 0.991. The zero-order chi connectivity index (χ0) is 16.5. The van der Waals surface area contributed by atoms with E-state index in [1.165, 1.54) is 7.11 Å². The highest BCUT2D eigenvalue weighted by Gasteiger charge is 2.28. The van der Waals surface area contributed by atoms with Crippen LogP contribution in [0.5, 0.6) is 0 Å². The molecule has 0 spiro atoms. The molecule has 0 aromatic heterocycles. The van der Waals surface area contributed by atoms with Crippen LogP contribution < -0.4 is 5.32 Å². The molecule has 7 nitrogen and oxygen atoms in total. The fourth-order valence-electron chi connectivity index (χ4n) is 2.26. The van der Waals surface area contributed by atoms with Crippen LogP contribution in [0.25, 0.3) is 0 Å². The van der Waals surface area contributed by atoms with E-state index in [4.69, 9.17) is 14.9 Å². The minimum atomic E-state index is -0.894. The van der Waals surface area contributed by atoms with Crippen LogP contribution in [0.3, 0.4) is 0 Å². The largest absolute Gasteiger partial charge is 0.461 e. The number of ketones is 1. The normalized spacial score (nSPS) is 17.5. The SMILES string of the molecule is CO[C@@H](C)C(=O)N[C@@H](CCC(=O)C=N)C(=O)OC1CCCC1. The number of hydrogen-bond donors (Lipinski definition) is 2. The number of Topliss-reactive ketones (excluding diaryl/α,β-unsaturated/α-hetero) is 1. The number of nitrogens with one attached hydrogen (secondary N) is 2. The van der Waals surface area contributed by atoms with Gasteiger partial charge in [-0.25, -0.2) is 4.79 Å². The van der Waals surface area contributed by atoms with Crippen molar-refractivity contribution in [2.45, 2.75) is 63.7 Å². The van der Waals surface area contributed by atoms with E-state index >= 15 is 0 Å². The third-order valence-corrected chi connectivity index (χ3v) is 3.75. The van der Waals surface area contributed by atoms with Gasteiger partial charge in [-0.3, -0.25) is 9.59 Å². The number of carbonyl (C=O) groups excluding carboxylic acids is 3. The number of carbonyl (C=O) groups is 3. The van der Waals surface area contributed by atoms with Gasteiger partial charge >= 0.3 is 5.97 Å². The molecule has 1 aliphatic rings. The lowest BCUT2D eigenvalue weighted by molar-refractivity contribution is -0.153. The lowest BCUT2D eigenvalue weighted by Gasteiger charge is -2.21. The summed E-state index contributed by atoms with van der Waals surface area (Å²) < 4.78 is 10.3. The van der Waals surface area contributed by atoms with Crippen LogP contribution >= 0.6 is 0 Å². The number of rotatable bonds is 9. The van der Waals surface area contributed by atoms with E-state index in [2.05, 4.69) is 5.32 Å². The van der Waals surface area contributed by atoms with Crippen LogP contribution in [0, 0.1) is 5.41 Å². The highest BCUT2D eigenvalue weighted by Crippen LogP contribution is 2.21. The van der Waals surface area contributed by atoms with Crippen LogP contribution in [0.1, 0.15) is 45.4 Å². The van der Waals surface area contributed by atoms with E-state index < -0.39 is 29.8 Å². The quantitative estimate of drug-likeness (QED) is 0.488. The van der Waals surface area contributed by atoms with Crippen LogP contribution in [-0.4, -0.2) is 49.2 Å². The van der Waals surface area contributed by atoms with E-state index in [1.807, 2.05) is 0 Å². The standard InChI is InChI=1S/C15H24N2O5/c1-10(21-2)14(19)17-13(8-7-11(18)9-16)15(20)22-12-5-3-4-6-12/h9-10,12-13,16H,3-8H2,1-2H3,(H,17,19)/t10-,13-/m0/s1. The Morgan fingerprint density at radius 3 is 2.50 bits per heavy atom. The topological polar surface area (TPSA) is 106 Å². The van der Waals surface area contributed by atoms with E-state index in [0.717, 1.165) is 25.7 Å². The summed E-state index contributed by atoms with van der Waals surface area (Å²) in [5.41, 5.74) is 0. The molecule has 1 fully saturated rings. The van der Waals surface area contributed by atoms with Gasteiger partial charge in [0.25, 0.3) is 0 Å². The van der Waals surface area contributed by atoms with E-state index in [9.17, 15) is 14.4 Å². The molecular formula is C15H24N2O5. The van der Waals surface area contributed by atoms with Gasteiger partial charge in [0.05, 0.1) is 6.21 Å². The average Bonchev–Trinajstić information content (AvgIpc) is 3.02. The molecule has 0 aliphatic heterocycles. The van der Waals surface area contributed by atoms with Gasteiger partial charge in [0, 0.05) is 13.5 Å². The van der Waals surface area contributed by atoms with Gasteiger partial charge in [-0.15, -0.1) is 0 Å². The second-order valence-corrected chi connectivity index (χ2v) is 5.43. The van der Waals surface area contributed by atoms with Crippen LogP contribution in [-0.2, 0) is 23.9 Å². The Labute approximate surface area is 130 Å². The second kappa shape index (κ2) is 9.30. The van der Waals surface area contributed by atoms with E-state index in [-0.39, 0.29) is 18.9 Å². The molecule has 0 heterocycles. The Balaban J connectivity index is 2.62. The fraction of sp³-hybridized carbons (Fsp3) is 0.733. The molecule has 22 heavy (non-hydrogen) atoms. The number of ether oxygens (including phenoxy) is 2. The van der Waals surface area contributed by atoms with Crippen molar-refractivity contribution < 1.29 is 23.9 Å². The first-order chi connectivity index (χ1) is 10.5. The Morgan fingerprint density at radius 1 is 1.32 bits per heavy atom. The van der Waals surface area contributed by atoms with Crippen molar-refractivity contribution in [3.05, 3.63) is 0 Å². The van der Waals surface area contributed by atoms with Crippen LogP contribution in [0.15, 0.2) is 0 Å². The van der Waals surface area contributed by atoms with Gasteiger partial charge in [-0.05, 0) is 39.0 Å². The highest BCUT2D eigenvalue weighted by molar-refractivity contribution is 6.26. The summed E-state index contributed by atoms with van der Waals surface area (Å²) in [4.78, 5) is 35.3. The summed E-state index contributed by atoms with van der Waals surface area (Å²) in [6, 6.07) is -0.894. The number of esters is 1. The average molecular weight is 312 g/mol. The Morgan fingerprint density at radius 2 is 1.95 bits per heavy atom. The van der Waals surface area contributed by atoms with Crippen LogP contribution in [0.4, 0.5) is 0 Å². The zero-order valence-corrected chi connectivity index (χ0v) is 13.1. The molecule has 0 aromatic rings. The fourth-order valence-corrected chi connectivity index (χ4v) is 2.26. The summed E-state index contributed by atoms with van der Waals surface area (Å²) in [5, 5.41) is 9.44. The Kier molecular flexibility index (Phi) is 7.73. The number of hydrogen-bond acceptors (Lipinski definition) is 6. The van der Waals surface area contributed by atoms with Crippen molar-refractivity contribution in [3.63, 3.8) is 0 Å². The van der Waals surface area contributed by atoms with Gasteiger partial charge in [-0.1, -0.05) is 0 Å². The summed E-state index contributed by atoms with van der Waals surface area (Å²) in [5.74, 6) is -1.35. The summed E-state index contributed by atoms with van der Waals surface area (Å²) >= 11 is 0. The Hall–Kier alpha value is -1.76. The molecule has 7 heteroatoms. The molecule has 1 saturated carbocycles. The van der Waals surface area contributed by atoms with Crippen molar-refractivity contribution in [1.82, 2.24) is 5.32 Å². The summed E-state index contributed by atoms with van der Waals surface area (Å²) in [6.07, 6.45) is 3.76. The zero-order valence-electron chi connectivity index (χ0n) is 13.1. The molecule has 0 aromatic carbocycles. The minimum Gasteiger partial charge on any atom is -0.461 e. The predicted molar refractivity (Wildman–Crippen MR) is 79.8 cm³/mol. The van der Waals surface area contributed by atoms with Gasteiger partial charge in [0.2, 0.25) is 5.91 Å². The Bertz CT molecular complexity index is 418. The lowest BCUT2D eigenvalue weighted by Crippen LogP contribution is -2.46. The molecule has 0 bridgehead atoms. The third kappa shape index (κ3) is 5.93. The highest BCUT2D eigenvalue weighted by atomic mass is 16.5. The summed E-state index contributed by atoms with van der Waals surface area (Å²) in [6.45, 7) is 1.57. The molecule has 124 valence electrons. The second-order valence-electron chi connectivity index (χ2n) is 5.43. The molecule has 1 rings (SSSR count). The van der Waals surface area contributed by atoms with Gasteiger partial charge in [-0.2, -0.15) is 0 Å². The van der Waals surface area contributed by atoms with Crippen molar-refractivity contribution in [2.24, 2.45) is 0 Å². The maximum Gasteiger partial charge on any atom is 0.328 e. The minimum absolute atomic E-state index is 0.00950. The molecule has 0 radical (unpaired) electrons. The lowest BCUT2D eigenvalue weighted by atomic mass is 10.1. The smallest absolute Gasteiger partial charge is 0.328 e. The van der Waals surface area contributed by atoms with Gasteiger partial charge < -0.3 is 20.2 Å². The molecule has 0 unspecified atom stereocenters. The molecule has 2 N–H and O–H groups in total. The first kappa shape index (κ1) is 18.3. The van der Waals surface area contributed by atoms with Gasteiger partial charge in [0.1, 0.15) is 18.2 Å². The molecule has 0 saturated heterocycles. The summed E-state index contributed by atoms with van der Waals surface area (Å²) in [7, 11) is 1.40. The van der Waals surface area contributed by atoms with Crippen LogP contribution in [0.2, 0.25) is 0 Å². The van der Waals surface area contributed by atoms with Crippen molar-refractivity contribution >= 4 is 23.9 Å².